The quantitative estimate of drug-likeness (QED) is 0.418. The molecule has 1 fully saturated rings. The molecule has 0 amide bonds. The van der Waals surface area contributed by atoms with Gasteiger partial charge in [0.05, 0.1) is 29.1 Å². The summed E-state index contributed by atoms with van der Waals surface area (Å²) in [6, 6.07) is 9.18. The van der Waals surface area contributed by atoms with Crippen molar-refractivity contribution < 1.29 is 14.6 Å². The largest absolute Gasteiger partial charge is 0.371 e. The summed E-state index contributed by atoms with van der Waals surface area (Å²) in [5.74, 6) is 0. The molecule has 0 bridgehead atoms. The van der Waals surface area contributed by atoms with Crippen LogP contribution in [0.5, 0.6) is 0 Å². The number of rotatable bonds is 4. The van der Waals surface area contributed by atoms with E-state index in [0.29, 0.717) is 23.9 Å². The van der Waals surface area contributed by atoms with E-state index in [2.05, 4.69) is 0 Å². The molecule has 0 aliphatic carbocycles. The summed E-state index contributed by atoms with van der Waals surface area (Å²) in [7, 11) is 0. The van der Waals surface area contributed by atoms with Gasteiger partial charge in [-0.1, -0.05) is 0 Å². The molecule has 1 aliphatic rings. The highest BCUT2D eigenvalue weighted by Gasteiger charge is 2.26. The van der Waals surface area contributed by atoms with E-state index in [4.69, 9.17) is 4.74 Å². The van der Waals surface area contributed by atoms with Crippen LogP contribution in [0.1, 0.15) is 0 Å². The Balaban J connectivity index is 2.04. The minimum absolute atomic E-state index is 0.0364. The number of benzene rings is 2. The van der Waals surface area contributed by atoms with Crippen molar-refractivity contribution in [2.75, 3.05) is 6.61 Å². The summed E-state index contributed by atoms with van der Waals surface area (Å²) in [6.45, 7) is 1.30. The van der Waals surface area contributed by atoms with E-state index in [-0.39, 0.29) is 17.5 Å². The van der Waals surface area contributed by atoms with Crippen LogP contribution in [0, 0.1) is 20.2 Å². The van der Waals surface area contributed by atoms with Gasteiger partial charge in [0, 0.05) is 46.1 Å². The molecule has 8 heteroatoms. The zero-order valence-corrected chi connectivity index (χ0v) is 11.8. The van der Waals surface area contributed by atoms with Crippen molar-refractivity contribution in [3.63, 3.8) is 0 Å². The minimum Gasteiger partial charge on any atom is -0.371 e. The molecule has 0 radical (unpaired) electrons. The molecular weight excluding hydrogens is 302 g/mol. The van der Waals surface area contributed by atoms with Crippen LogP contribution in [0.2, 0.25) is 0 Å². The van der Waals surface area contributed by atoms with Crippen LogP contribution in [0.3, 0.4) is 0 Å². The van der Waals surface area contributed by atoms with Gasteiger partial charge in [-0.05, 0) is 12.1 Å². The number of hydrogen-bond acceptors (Lipinski definition) is 5. The number of nitro benzene ring substituents is 2. The van der Waals surface area contributed by atoms with Crippen LogP contribution < -0.4 is 0 Å². The van der Waals surface area contributed by atoms with E-state index in [1.54, 1.807) is 12.1 Å². The van der Waals surface area contributed by atoms with Crippen molar-refractivity contribution in [2.45, 2.75) is 12.6 Å². The average molecular weight is 313 g/mol. The molecule has 1 aromatic heterocycles. The third-order valence-corrected chi connectivity index (χ3v) is 4.04. The molecule has 0 N–H and O–H groups in total. The molecular formula is C15H11N3O5. The van der Waals surface area contributed by atoms with E-state index in [1.807, 2.05) is 4.57 Å². The van der Waals surface area contributed by atoms with E-state index in [1.165, 1.54) is 24.3 Å². The van der Waals surface area contributed by atoms with E-state index in [9.17, 15) is 20.2 Å². The number of non-ortho nitro benzene ring substituents is 2. The van der Waals surface area contributed by atoms with Gasteiger partial charge in [-0.15, -0.1) is 0 Å². The van der Waals surface area contributed by atoms with Crippen molar-refractivity contribution >= 4 is 33.2 Å². The first-order valence-electron chi connectivity index (χ1n) is 7.01. The van der Waals surface area contributed by atoms with Crippen molar-refractivity contribution in [3.05, 3.63) is 56.6 Å². The van der Waals surface area contributed by atoms with Gasteiger partial charge in [0.1, 0.15) is 0 Å². The highest BCUT2D eigenvalue weighted by Crippen LogP contribution is 2.34. The van der Waals surface area contributed by atoms with Crippen molar-refractivity contribution in [1.82, 2.24) is 4.57 Å². The van der Waals surface area contributed by atoms with Crippen LogP contribution in [0.15, 0.2) is 36.4 Å². The maximum atomic E-state index is 11.0. The lowest BCUT2D eigenvalue weighted by Crippen LogP contribution is -2.03. The first-order chi connectivity index (χ1) is 11.0. The van der Waals surface area contributed by atoms with Crippen molar-refractivity contribution in [1.29, 1.82) is 0 Å². The summed E-state index contributed by atoms with van der Waals surface area (Å²) in [4.78, 5) is 21.1. The van der Waals surface area contributed by atoms with Gasteiger partial charge in [0.25, 0.3) is 11.4 Å². The molecule has 23 heavy (non-hydrogen) atoms. The van der Waals surface area contributed by atoms with E-state index in [0.717, 1.165) is 11.0 Å². The molecule has 2 aromatic carbocycles. The summed E-state index contributed by atoms with van der Waals surface area (Å²) in [5, 5.41) is 23.3. The third-order valence-electron chi connectivity index (χ3n) is 4.04. The standard InChI is InChI=1S/C15H11N3O5/c19-17(20)9-1-3-14-12(5-9)13-6-10(18(21)22)2-4-15(13)16(14)7-11-8-23-11/h1-6,11H,7-8H2. The summed E-state index contributed by atoms with van der Waals surface area (Å²) >= 11 is 0. The molecule has 4 rings (SSSR count). The average Bonchev–Trinajstić information content (AvgIpc) is 3.30. The normalized spacial score (nSPS) is 16.8. The molecule has 1 atom stereocenters. The van der Waals surface area contributed by atoms with Gasteiger partial charge in [0.2, 0.25) is 0 Å². The molecule has 0 spiro atoms. The fourth-order valence-electron chi connectivity index (χ4n) is 2.88. The zero-order chi connectivity index (χ0) is 16.1. The van der Waals surface area contributed by atoms with Gasteiger partial charge >= 0.3 is 0 Å². The fraction of sp³-hybridized carbons (Fsp3) is 0.200. The van der Waals surface area contributed by atoms with Crippen molar-refractivity contribution in [2.24, 2.45) is 0 Å². The minimum atomic E-state index is -0.468. The number of aromatic nitrogens is 1. The second kappa shape index (κ2) is 4.75. The van der Waals surface area contributed by atoms with Crippen LogP contribution in [-0.4, -0.2) is 27.1 Å². The number of fused-ring (bicyclic) bond motifs is 3. The monoisotopic (exact) mass is 313 g/mol. The number of hydrogen-bond donors (Lipinski definition) is 0. The van der Waals surface area contributed by atoms with Crippen LogP contribution in [-0.2, 0) is 11.3 Å². The van der Waals surface area contributed by atoms with Gasteiger partial charge in [-0.25, -0.2) is 0 Å². The van der Waals surface area contributed by atoms with E-state index >= 15 is 0 Å². The fourth-order valence-corrected chi connectivity index (χ4v) is 2.88. The van der Waals surface area contributed by atoms with E-state index < -0.39 is 9.85 Å². The van der Waals surface area contributed by atoms with Crippen LogP contribution in [0.25, 0.3) is 21.8 Å². The highest BCUT2D eigenvalue weighted by molar-refractivity contribution is 6.09. The molecule has 8 nitrogen and oxygen atoms in total. The SMILES string of the molecule is O=[N+]([O-])c1ccc2c(c1)c1cc([N+](=O)[O-])ccc1n2CC1CO1. The lowest BCUT2D eigenvalue weighted by atomic mass is 10.1. The predicted octanol–water partition coefficient (Wildman–Crippen LogP) is 3.01. The van der Waals surface area contributed by atoms with Crippen LogP contribution in [0.4, 0.5) is 11.4 Å². The Hall–Kier alpha value is -3.00. The van der Waals surface area contributed by atoms with Gasteiger partial charge in [-0.2, -0.15) is 0 Å². The lowest BCUT2D eigenvalue weighted by Gasteiger charge is -2.04. The first kappa shape index (κ1) is 13.6. The topological polar surface area (TPSA) is 104 Å². The van der Waals surface area contributed by atoms with Gasteiger partial charge in [-0.3, -0.25) is 20.2 Å². The Kier molecular flexibility index (Phi) is 2.82. The third kappa shape index (κ3) is 2.20. The molecule has 3 aromatic rings. The molecule has 1 saturated heterocycles. The number of ether oxygens (including phenoxy) is 1. The van der Waals surface area contributed by atoms with Crippen molar-refractivity contribution in [3.8, 4) is 0 Å². The smallest absolute Gasteiger partial charge is 0.270 e. The maximum absolute atomic E-state index is 11.0. The van der Waals surface area contributed by atoms with Gasteiger partial charge in [0.15, 0.2) is 0 Å². The number of epoxide rings is 1. The number of nitro groups is 2. The summed E-state index contributed by atoms with van der Waals surface area (Å²) in [6.07, 6.45) is 0.124. The molecule has 0 saturated carbocycles. The predicted molar refractivity (Wildman–Crippen MR) is 82.5 cm³/mol. The van der Waals surface area contributed by atoms with Crippen LogP contribution >= 0.6 is 0 Å². The Bertz CT molecular complexity index is 903. The molecule has 116 valence electrons. The summed E-state index contributed by atoms with van der Waals surface area (Å²) in [5.41, 5.74) is 1.54. The Morgan fingerprint density at radius 2 is 1.48 bits per heavy atom. The maximum Gasteiger partial charge on any atom is 0.270 e. The molecule has 1 unspecified atom stereocenters. The Morgan fingerprint density at radius 3 is 1.87 bits per heavy atom. The molecule has 1 aliphatic heterocycles. The van der Waals surface area contributed by atoms with Gasteiger partial charge < -0.3 is 9.30 Å². The lowest BCUT2D eigenvalue weighted by molar-refractivity contribution is -0.385. The summed E-state index contributed by atoms with van der Waals surface area (Å²) < 4.78 is 7.26. The second-order valence-corrected chi connectivity index (χ2v) is 5.48. The first-order valence-corrected chi connectivity index (χ1v) is 7.01. The molecule has 2 heterocycles. The zero-order valence-electron chi connectivity index (χ0n) is 11.8. The Labute approximate surface area is 129 Å². The highest BCUT2D eigenvalue weighted by atomic mass is 16.6. The Morgan fingerprint density at radius 1 is 1.00 bits per heavy atom. The number of nitrogens with zero attached hydrogens (tertiary/aromatic N) is 3. The second-order valence-electron chi connectivity index (χ2n) is 5.48.